The summed E-state index contributed by atoms with van der Waals surface area (Å²) in [5.74, 6) is -0.214. The molecule has 0 spiro atoms. The van der Waals surface area contributed by atoms with E-state index in [0.717, 1.165) is 16.9 Å². The van der Waals surface area contributed by atoms with Gasteiger partial charge in [-0.1, -0.05) is 39.0 Å². The molecule has 5 nitrogen and oxygen atoms in total. The van der Waals surface area contributed by atoms with Crippen molar-refractivity contribution in [1.82, 2.24) is 14.6 Å². The van der Waals surface area contributed by atoms with E-state index in [1.807, 2.05) is 37.3 Å². The highest BCUT2D eigenvalue weighted by Gasteiger charge is 2.22. The quantitative estimate of drug-likeness (QED) is 0.787. The molecule has 0 bridgehead atoms. The highest BCUT2D eigenvalue weighted by Crippen LogP contribution is 2.24. The minimum absolute atomic E-state index is 0.148. The Morgan fingerprint density at radius 1 is 1.17 bits per heavy atom. The molecule has 1 aromatic carbocycles. The number of amides is 1. The fourth-order valence-corrected chi connectivity index (χ4v) is 2.46. The van der Waals surface area contributed by atoms with E-state index in [2.05, 4.69) is 36.2 Å². The fraction of sp³-hybridized carbons (Fsp3) is 0.278. The molecule has 0 atom stereocenters. The third kappa shape index (κ3) is 2.95. The summed E-state index contributed by atoms with van der Waals surface area (Å²) in [6.07, 6.45) is 1.70. The highest BCUT2D eigenvalue weighted by atomic mass is 16.1. The third-order valence-electron chi connectivity index (χ3n) is 3.75. The normalized spacial score (nSPS) is 11.7. The molecular formula is C18H20N4O. The molecule has 23 heavy (non-hydrogen) atoms. The number of para-hydroxylation sites is 1. The summed E-state index contributed by atoms with van der Waals surface area (Å²) in [6, 6.07) is 11.3. The van der Waals surface area contributed by atoms with Gasteiger partial charge in [-0.25, -0.2) is 9.50 Å². The van der Waals surface area contributed by atoms with Gasteiger partial charge in [0, 0.05) is 17.2 Å². The standard InChI is InChI=1S/C18H20N4O/c1-12-7-5-6-8-13(12)21-17(23)14-11-15(18(2,3)4)22-16(20-14)9-10-19-22/h5-11H,1-4H3,(H,21,23). The first-order valence-electron chi connectivity index (χ1n) is 7.58. The van der Waals surface area contributed by atoms with Crippen molar-refractivity contribution in [3.63, 3.8) is 0 Å². The summed E-state index contributed by atoms with van der Waals surface area (Å²) in [4.78, 5) is 17.0. The van der Waals surface area contributed by atoms with Crippen LogP contribution in [0.4, 0.5) is 5.69 Å². The fourth-order valence-electron chi connectivity index (χ4n) is 2.46. The van der Waals surface area contributed by atoms with Crippen LogP contribution in [0, 0.1) is 6.92 Å². The Bertz CT molecular complexity index is 874. The average Bonchev–Trinajstić information content (AvgIpc) is 2.95. The summed E-state index contributed by atoms with van der Waals surface area (Å²) in [5, 5.41) is 7.24. The van der Waals surface area contributed by atoms with E-state index in [1.165, 1.54) is 0 Å². The van der Waals surface area contributed by atoms with E-state index in [0.29, 0.717) is 11.3 Å². The number of nitrogens with zero attached hydrogens (tertiary/aromatic N) is 3. The maximum absolute atomic E-state index is 12.6. The van der Waals surface area contributed by atoms with Crippen LogP contribution in [0.1, 0.15) is 42.5 Å². The molecule has 2 heterocycles. The van der Waals surface area contributed by atoms with Crippen LogP contribution >= 0.6 is 0 Å². The predicted octanol–water partition coefficient (Wildman–Crippen LogP) is 3.59. The number of fused-ring (bicyclic) bond motifs is 1. The lowest BCUT2D eigenvalue weighted by Gasteiger charge is -2.20. The lowest BCUT2D eigenvalue weighted by Crippen LogP contribution is -2.21. The molecule has 0 saturated carbocycles. The number of benzene rings is 1. The smallest absolute Gasteiger partial charge is 0.274 e. The Labute approximate surface area is 135 Å². The van der Waals surface area contributed by atoms with Crippen molar-refractivity contribution >= 4 is 17.2 Å². The van der Waals surface area contributed by atoms with Crippen molar-refractivity contribution in [2.24, 2.45) is 0 Å². The number of carbonyl (C=O) groups is 1. The van der Waals surface area contributed by atoms with Gasteiger partial charge in [0.05, 0.1) is 11.9 Å². The van der Waals surface area contributed by atoms with Crippen LogP contribution in [0.5, 0.6) is 0 Å². The Morgan fingerprint density at radius 3 is 2.61 bits per heavy atom. The van der Waals surface area contributed by atoms with Gasteiger partial charge in [0.15, 0.2) is 5.65 Å². The minimum atomic E-state index is -0.214. The molecule has 1 amide bonds. The van der Waals surface area contributed by atoms with E-state index in [9.17, 15) is 4.79 Å². The number of rotatable bonds is 2. The Hall–Kier alpha value is -2.69. The largest absolute Gasteiger partial charge is 0.320 e. The highest BCUT2D eigenvalue weighted by molar-refractivity contribution is 6.03. The molecule has 0 saturated heterocycles. The second kappa shape index (κ2) is 5.50. The number of hydrogen-bond acceptors (Lipinski definition) is 3. The first-order chi connectivity index (χ1) is 10.9. The zero-order chi connectivity index (χ0) is 16.6. The van der Waals surface area contributed by atoms with Gasteiger partial charge in [-0.15, -0.1) is 0 Å². The number of carbonyl (C=O) groups excluding carboxylic acids is 1. The lowest BCUT2D eigenvalue weighted by molar-refractivity contribution is 0.102. The molecule has 0 unspecified atom stereocenters. The zero-order valence-electron chi connectivity index (χ0n) is 13.8. The van der Waals surface area contributed by atoms with E-state index in [-0.39, 0.29) is 11.3 Å². The first-order valence-corrected chi connectivity index (χ1v) is 7.58. The first kappa shape index (κ1) is 15.2. The monoisotopic (exact) mass is 308 g/mol. The van der Waals surface area contributed by atoms with Crippen LogP contribution in [-0.2, 0) is 5.41 Å². The predicted molar refractivity (Wildman–Crippen MR) is 90.8 cm³/mol. The van der Waals surface area contributed by atoms with Gasteiger partial charge in [-0.3, -0.25) is 4.79 Å². The molecule has 3 rings (SSSR count). The molecule has 5 heteroatoms. The van der Waals surface area contributed by atoms with Crippen molar-refractivity contribution in [3.05, 3.63) is 59.5 Å². The Balaban J connectivity index is 2.03. The van der Waals surface area contributed by atoms with Gasteiger partial charge in [-0.05, 0) is 24.6 Å². The maximum atomic E-state index is 12.6. The number of anilines is 1. The summed E-state index contributed by atoms with van der Waals surface area (Å²) < 4.78 is 1.78. The van der Waals surface area contributed by atoms with E-state index in [4.69, 9.17) is 0 Å². The zero-order valence-corrected chi connectivity index (χ0v) is 13.8. The van der Waals surface area contributed by atoms with Gasteiger partial charge in [-0.2, -0.15) is 5.10 Å². The van der Waals surface area contributed by atoms with Gasteiger partial charge >= 0.3 is 0 Å². The molecule has 0 aliphatic carbocycles. The second-order valence-electron chi connectivity index (χ2n) is 6.65. The molecule has 2 aromatic heterocycles. The number of nitrogens with one attached hydrogen (secondary N) is 1. The van der Waals surface area contributed by atoms with Crippen molar-refractivity contribution in [1.29, 1.82) is 0 Å². The van der Waals surface area contributed by atoms with Crippen molar-refractivity contribution in [3.8, 4) is 0 Å². The molecule has 118 valence electrons. The van der Waals surface area contributed by atoms with Crippen LogP contribution in [0.15, 0.2) is 42.6 Å². The Morgan fingerprint density at radius 2 is 1.91 bits per heavy atom. The van der Waals surface area contributed by atoms with Crippen molar-refractivity contribution in [2.75, 3.05) is 5.32 Å². The van der Waals surface area contributed by atoms with Crippen LogP contribution in [0.2, 0.25) is 0 Å². The third-order valence-corrected chi connectivity index (χ3v) is 3.75. The molecule has 3 aromatic rings. The Kier molecular flexibility index (Phi) is 3.64. The van der Waals surface area contributed by atoms with Gasteiger partial charge in [0.2, 0.25) is 0 Å². The van der Waals surface area contributed by atoms with Crippen LogP contribution in [-0.4, -0.2) is 20.5 Å². The number of aryl methyl sites for hydroxylation is 1. The summed E-state index contributed by atoms with van der Waals surface area (Å²) in [7, 11) is 0. The molecular weight excluding hydrogens is 288 g/mol. The number of aromatic nitrogens is 3. The second-order valence-corrected chi connectivity index (χ2v) is 6.65. The van der Waals surface area contributed by atoms with Gasteiger partial charge in [0.25, 0.3) is 5.91 Å². The molecule has 0 aliphatic heterocycles. The van der Waals surface area contributed by atoms with Crippen LogP contribution in [0.3, 0.4) is 0 Å². The van der Waals surface area contributed by atoms with Gasteiger partial charge < -0.3 is 5.32 Å². The molecule has 0 aliphatic rings. The van der Waals surface area contributed by atoms with E-state index >= 15 is 0 Å². The summed E-state index contributed by atoms with van der Waals surface area (Å²) >= 11 is 0. The molecule has 0 fully saturated rings. The SMILES string of the molecule is Cc1ccccc1NC(=O)c1cc(C(C)(C)C)n2nccc2n1. The van der Waals surface area contributed by atoms with E-state index in [1.54, 1.807) is 16.8 Å². The van der Waals surface area contributed by atoms with Crippen LogP contribution < -0.4 is 5.32 Å². The average molecular weight is 308 g/mol. The minimum Gasteiger partial charge on any atom is -0.320 e. The van der Waals surface area contributed by atoms with Crippen molar-refractivity contribution in [2.45, 2.75) is 33.1 Å². The lowest BCUT2D eigenvalue weighted by atomic mass is 9.91. The summed E-state index contributed by atoms with van der Waals surface area (Å²) in [5.41, 5.74) is 3.68. The summed E-state index contributed by atoms with van der Waals surface area (Å²) in [6.45, 7) is 8.23. The number of hydrogen-bond donors (Lipinski definition) is 1. The van der Waals surface area contributed by atoms with Crippen LogP contribution in [0.25, 0.3) is 5.65 Å². The molecule has 0 radical (unpaired) electrons. The van der Waals surface area contributed by atoms with Crippen molar-refractivity contribution < 1.29 is 4.79 Å². The van der Waals surface area contributed by atoms with Gasteiger partial charge in [0.1, 0.15) is 5.69 Å². The topological polar surface area (TPSA) is 59.3 Å². The maximum Gasteiger partial charge on any atom is 0.274 e. The molecule has 1 N–H and O–H groups in total. The van der Waals surface area contributed by atoms with E-state index < -0.39 is 0 Å².